The molecule has 8 heteroatoms. The van der Waals surface area contributed by atoms with Gasteiger partial charge in [0.15, 0.2) is 0 Å². The number of nitrogens with zero attached hydrogens (tertiary/aromatic N) is 3. The molecule has 0 atom stereocenters. The molecular weight excluding hydrogens is 375 g/mol. The van der Waals surface area contributed by atoms with E-state index in [0.717, 1.165) is 30.7 Å². The van der Waals surface area contributed by atoms with Crippen molar-refractivity contribution in [2.75, 3.05) is 26.2 Å². The average molecular weight is 397 g/mol. The van der Waals surface area contributed by atoms with Crippen LogP contribution in [0.4, 0.5) is 0 Å². The average Bonchev–Trinajstić information content (AvgIpc) is 2.66. The van der Waals surface area contributed by atoms with Crippen LogP contribution in [0.5, 0.6) is 0 Å². The molecule has 0 aliphatic heterocycles. The first kappa shape index (κ1) is 20.4. The van der Waals surface area contributed by atoms with Crippen LogP contribution in [0.2, 0.25) is 10.0 Å². The van der Waals surface area contributed by atoms with E-state index in [1.54, 1.807) is 24.3 Å². The molecule has 0 fully saturated rings. The maximum atomic E-state index is 12.2. The van der Waals surface area contributed by atoms with Gasteiger partial charge < -0.3 is 10.2 Å². The highest BCUT2D eigenvalue weighted by Gasteiger charge is 2.10. The van der Waals surface area contributed by atoms with Gasteiger partial charge in [-0.05, 0) is 50.3 Å². The van der Waals surface area contributed by atoms with Gasteiger partial charge in [0.05, 0.1) is 16.9 Å². The van der Waals surface area contributed by atoms with Crippen LogP contribution in [0.3, 0.4) is 0 Å². The monoisotopic (exact) mass is 396 g/mol. The number of hydrogen-bond acceptors (Lipinski definition) is 4. The summed E-state index contributed by atoms with van der Waals surface area (Å²) in [5.41, 5.74) is 0.518. The molecular formula is C18H22Cl2N4O2. The van der Waals surface area contributed by atoms with Crippen LogP contribution in [0.1, 0.15) is 30.6 Å². The fourth-order valence-corrected chi connectivity index (χ4v) is 2.75. The molecule has 0 spiro atoms. The zero-order chi connectivity index (χ0) is 19.1. The van der Waals surface area contributed by atoms with Crippen LogP contribution in [-0.2, 0) is 0 Å². The minimum absolute atomic E-state index is 0.0864. The molecule has 0 saturated carbocycles. The Morgan fingerprint density at radius 2 is 1.85 bits per heavy atom. The molecule has 2 aromatic rings. The van der Waals surface area contributed by atoms with Crippen molar-refractivity contribution in [3.63, 3.8) is 0 Å². The molecule has 26 heavy (non-hydrogen) atoms. The van der Waals surface area contributed by atoms with E-state index in [2.05, 4.69) is 29.2 Å². The normalized spacial score (nSPS) is 11.0. The Labute approximate surface area is 162 Å². The smallest absolute Gasteiger partial charge is 0.291 e. The largest absolute Gasteiger partial charge is 0.352 e. The number of carbonyl (C=O) groups excluding carboxylic acids is 1. The number of nitrogens with one attached hydrogen (secondary N) is 1. The van der Waals surface area contributed by atoms with Gasteiger partial charge in [-0.15, -0.1) is 0 Å². The first-order valence-electron chi connectivity index (χ1n) is 8.52. The summed E-state index contributed by atoms with van der Waals surface area (Å²) >= 11 is 11.6. The molecule has 0 unspecified atom stereocenters. The number of amides is 1. The van der Waals surface area contributed by atoms with Crippen molar-refractivity contribution in [1.82, 2.24) is 20.0 Å². The highest BCUT2D eigenvalue weighted by Crippen LogP contribution is 2.16. The summed E-state index contributed by atoms with van der Waals surface area (Å²) in [6.45, 7) is 7.83. The predicted octanol–water partition coefficient (Wildman–Crippen LogP) is 3.00. The molecule has 1 aromatic carbocycles. The first-order valence-corrected chi connectivity index (χ1v) is 9.27. The van der Waals surface area contributed by atoms with E-state index in [4.69, 9.17) is 23.2 Å². The fourth-order valence-electron chi connectivity index (χ4n) is 2.50. The molecule has 0 saturated heterocycles. The number of hydrogen-bond donors (Lipinski definition) is 1. The third-order valence-corrected chi connectivity index (χ3v) is 4.83. The quantitative estimate of drug-likeness (QED) is 0.696. The van der Waals surface area contributed by atoms with E-state index in [9.17, 15) is 9.59 Å². The summed E-state index contributed by atoms with van der Waals surface area (Å²) < 4.78 is 1.14. The number of rotatable bonds is 8. The molecule has 6 nitrogen and oxygen atoms in total. The van der Waals surface area contributed by atoms with Crippen molar-refractivity contribution >= 4 is 29.1 Å². The van der Waals surface area contributed by atoms with Gasteiger partial charge in [0.1, 0.15) is 5.02 Å². The Bertz CT molecular complexity index is 802. The molecule has 0 aliphatic carbocycles. The van der Waals surface area contributed by atoms with E-state index >= 15 is 0 Å². The molecule has 1 heterocycles. The van der Waals surface area contributed by atoms with Crippen molar-refractivity contribution in [3.05, 3.63) is 56.4 Å². The highest BCUT2D eigenvalue weighted by atomic mass is 35.5. The van der Waals surface area contributed by atoms with E-state index in [0.29, 0.717) is 17.8 Å². The number of halogens is 2. The lowest BCUT2D eigenvalue weighted by atomic mass is 10.2. The summed E-state index contributed by atoms with van der Waals surface area (Å²) in [6, 6.07) is 6.57. The number of aromatic nitrogens is 2. The molecule has 0 radical (unpaired) electrons. The van der Waals surface area contributed by atoms with Gasteiger partial charge >= 0.3 is 0 Å². The van der Waals surface area contributed by atoms with Crippen molar-refractivity contribution in [2.45, 2.75) is 20.3 Å². The van der Waals surface area contributed by atoms with Crippen LogP contribution >= 0.6 is 23.2 Å². The van der Waals surface area contributed by atoms with Crippen LogP contribution in [-0.4, -0.2) is 46.8 Å². The predicted molar refractivity (Wildman–Crippen MR) is 105 cm³/mol. The van der Waals surface area contributed by atoms with Gasteiger partial charge in [0.25, 0.3) is 11.5 Å². The van der Waals surface area contributed by atoms with Gasteiger partial charge in [-0.25, -0.2) is 0 Å². The van der Waals surface area contributed by atoms with Crippen molar-refractivity contribution < 1.29 is 4.79 Å². The van der Waals surface area contributed by atoms with Crippen molar-refractivity contribution in [2.24, 2.45) is 0 Å². The van der Waals surface area contributed by atoms with Gasteiger partial charge in [-0.2, -0.15) is 9.78 Å². The fraction of sp³-hybridized carbons (Fsp3) is 0.389. The third kappa shape index (κ3) is 5.06. The molecule has 140 valence electrons. The van der Waals surface area contributed by atoms with E-state index in [-0.39, 0.29) is 16.0 Å². The third-order valence-electron chi connectivity index (χ3n) is 4.08. The standard InChI is InChI=1S/C18H22Cl2N4O2/c1-3-23(4-2)11-5-10-21-17(25)13-6-8-14(9-7-13)24-18(26)16(20)15(19)12-22-24/h6-9,12H,3-5,10-11H2,1-2H3,(H,21,25). The lowest BCUT2D eigenvalue weighted by molar-refractivity contribution is 0.0952. The summed E-state index contributed by atoms with van der Waals surface area (Å²) in [7, 11) is 0. The Hall–Kier alpha value is -1.89. The maximum absolute atomic E-state index is 12.2. The Morgan fingerprint density at radius 1 is 1.19 bits per heavy atom. The van der Waals surface area contributed by atoms with Crippen molar-refractivity contribution in [3.8, 4) is 5.69 Å². The first-order chi connectivity index (χ1) is 12.5. The summed E-state index contributed by atoms with van der Waals surface area (Å²) in [5, 5.41) is 6.88. The van der Waals surface area contributed by atoms with Gasteiger partial charge in [0, 0.05) is 12.1 Å². The van der Waals surface area contributed by atoms with E-state index in [1.807, 2.05) is 0 Å². The van der Waals surface area contributed by atoms with Gasteiger partial charge in [0.2, 0.25) is 0 Å². The molecule has 0 aliphatic rings. The van der Waals surface area contributed by atoms with Gasteiger partial charge in [-0.3, -0.25) is 9.59 Å². The highest BCUT2D eigenvalue weighted by molar-refractivity contribution is 6.41. The Morgan fingerprint density at radius 3 is 2.46 bits per heavy atom. The van der Waals surface area contributed by atoms with E-state index < -0.39 is 5.56 Å². The van der Waals surface area contributed by atoms with Crippen LogP contribution < -0.4 is 10.9 Å². The second-order valence-electron chi connectivity index (χ2n) is 5.71. The van der Waals surface area contributed by atoms with Crippen LogP contribution in [0.25, 0.3) is 5.69 Å². The maximum Gasteiger partial charge on any atom is 0.291 e. The lowest BCUT2D eigenvalue weighted by Crippen LogP contribution is -2.30. The lowest BCUT2D eigenvalue weighted by Gasteiger charge is -2.17. The number of carbonyl (C=O) groups is 1. The van der Waals surface area contributed by atoms with Gasteiger partial charge in [-0.1, -0.05) is 37.0 Å². The van der Waals surface area contributed by atoms with E-state index in [1.165, 1.54) is 6.20 Å². The van der Waals surface area contributed by atoms with Crippen LogP contribution in [0.15, 0.2) is 35.3 Å². The minimum atomic E-state index is -0.507. The summed E-state index contributed by atoms with van der Waals surface area (Å²) in [5.74, 6) is -0.148. The molecule has 0 bridgehead atoms. The second kappa shape index (κ2) is 9.71. The SMILES string of the molecule is CCN(CC)CCCNC(=O)c1ccc(-n2ncc(Cl)c(Cl)c2=O)cc1. The van der Waals surface area contributed by atoms with Crippen molar-refractivity contribution in [1.29, 1.82) is 0 Å². The van der Waals surface area contributed by atoms with Crippen LogP contribution in [0, 0.1) is 0 Å². The second-order valence-corrected chi connectivity index (χ2v) is 6.49. The minimum Gasteiger partial charge on any atom is -0.352 e. The number of benzene rings is 1. The molecule has 1 amide bonds. The summed E-state index contributed by atoms with van der Waals surface area (Å²) in [4.78, 5) is 26.6. The summed E-state index contributed by atoms with van der Waals surface area (Å²) in [6.07, 6.45) is 2.20. The Balaban J connectivity index is 1.98. The Kier molecular flexibility index (Phi) is 7.63. The topological polar surface area (TPSA) is 67.2 Å². The molecule has 1 N–H and O–H groups in total. The zero-order valence-corrected chi connectivity index (χ0v) is 16.3. The molecule has 1 aromatic heterocycles. The molecule has 2 rings (SSSR count). The zero-order valence-electron chi connectivity index (χ0n) is 14.8.